The second-order valence-corrected chi connectivity index (χ2v) is 8.61. The Morgan fingerprint density at radius 1 is 0.897 bits per heavy atom. The van der Waals surface area contributed by atoms with Crippen molar-refractivity contribution >= 4 is 17.4 Å². The van der Waals surface area contributed by atoms with Gasteiger partial charge in [0, 0.05) is 17.7 Å². The van der Waals surface area contributed by atoms with Crippen molar-refractivity contribution in [1.29, 1.82) is 0 Å². The number of hydrogen-bond acceptors (Lipinski definition) is 3. The molecule has 4 heteroatoms. The van der Waals surface area contributed by atoms with E-state index in [4.69, 9.17) is 4.74 Å². The Hall–Kier alpha value is -2.62. The number of nitrogens with one attached hydrogen (secondary N) is 1. The summed E-state index contributed by atoms with van der Waals surface area (Å²) in [4.78, 5) is 24.6. The predicted octanol–water partition coefficient (Wildman–Crippen LogP) is 5.49. The third kappa shape index (κ3) is 5.47. The van der Waals surface area contributed by atoms with E-state index in [9.17, 15) is 9.59 Å². The number of anilines is 1. The molecule has 2 bridgehead atoms. The van der Waals surface area contributed by atoms with Crippen LogP contribution in [0.1, 0.15) is 55.3 Å². The average Bonchev–Trinajstić information content (AvgIpc) is 2.73. The molecule has 0 aromatic heterocycles. The van der Waals surface area contributed by atoms with Gasteiger partial charge in [-0.3, -0.25) is 9.59 Å². The van der Waals surface area contributed by atoms with E-state index in [1.54, 1.807) is 36.4 Å². The zero-order valence-corrected chi connectivity index (χ0v) is 16.8. The molecule has 2 atom stereocenters. The van der Waals surface area contributed by atoms with Crippen molar-refractivity contribution < 1.29 is 14.3 Å². The summed E-state index contributed by atoms with van der Waals surface area (Å²) in [6, 6.07) is 16.3. The molecule has 2 aromatic carbocycles. The molecule has 0 spiro atoms. The Kier molecular flexibility index (Phi) is 6.28. The van der Waals surface area contributed by atoms with Crippen LogP contribution in [0.25, 0.3) is 0 Å². The first kappa shape index (κ1) is 19.7. The molecule has 2 aliphatic rings. The van der Waals surface area contributed by atoms with Gasteiger partial charge >= 0.3 is 0 Å². The van der Waals surface area contributed by atoms with Crippen molar-refractivity contribution in [2.24, 2.45) is 17.8 Å². The van der Waals surface area contributed by atoms with Gasteiger partial charge in [0.15, 0.2) is 5.78 Å². The van der Waals surface area contributed by atoms with Crippen LogP contribution in [0.4, 0.5) is 5.69 Å². The first-order chi connectivity index (χ1) is 14.2. The highest BCUT2D eigenvalue weighted by Gasteiger charge is 2.32. The highest BCUT2D eigenvalue weighted by atomic mass is 16.5. The molecule has 1 N–H and O–H groups in total. The van der Waals surface area contributed by atoms with Gasteiger partial charge in [0.05, 0.1) is 0 Å². The first-order valence-electron chi connectivity index (χ1n) is 10.8. The summed E-state index contributed by atoms with van der Waals surface area (Å²) in [6.07, 6.45) is 8.55. The minimum atomic E-state index is -0.147. The zero-order chi connectivity index (χ0) is 20.1. The maximum absolute atomic E-state index is 12.4. The minimum absolute atomic E-state index is 0.127. The summed E-state index contributed by atoms with van der Waals surface area (Å²) >= 11 is 0. The molecular weight excluding hydrogens is 362 g/mol. The minimum Gasteiger partial charge on any atom is -0.486 e. The van der Waals surface area contributed by atoms with E-state index >= 15 is 0 Å². The maximum Gasteiger partial charge on any atom is 0.255 e. The molecule has 2 fully saturated rings. The van der Waals surface area contributed by atoms with Gasteiger partial charge in [-0.25, -0.2) is 0 Å². The smallest absolute Gasteiger partial charge is 0.255 e. The Morgan fingerprint density at radius 2 is 1.59 bits per heavy atom. The number of Topliss-reactive ketones (excluding diaryl/α,β-unsaturated/α-hetero) is 1. The van der Waals surface area contributed by atoms with Crippen LogP contribution in [0, 0.1) is 17.8 Å². The van der Waals surface area contributed by atoms with Crippen LogP contribution in [0.15, 0.2) is 54.6 Å². The highest BCUT2D eigenvalue weighted by molar-refractivity contribution is 6.04. The van der Waals surface area contributed by atoms with Crippen molar-refractivity contribution in [3.05, 3.63) is 60.2 Å². The topological polar surface area (TPSA) is 55.4 Å². The van der Waals surface area contributed by atoms with Gasteiger partial charge in [-0.05, 0) is 73.4 Å². The standard InChI is InChI=1S/C25H29NO3/c27-23(16-20-14-18-5-4-6-19(13-18)15-20)17-29-24-11-9-22(10-12-24)26-25(28)21-7-2-1-3-8-21/h1-3,7-12,18-20H,4-6,13-17H2,(H,26,28). The molecule has 0 heterocycles. The van der Waals surface area contributed by atoms with E-state index in [2.05, 4.69) is 5.32 Å². The van der Waals surface area contributed by atoms with Gasteiger partial charge in [-0.2, -0.15) is 0 Å². The summed E-state index contributed by atoms with van der Waals surface area (Å²) in [5.74, 6) is 2.94. The van der Waals surface area contributed by atoms with E-state index in [1.165, 1.54) is 38.5 Å². The number of rotatable bonds is 7. The molecular formula is C25H29NO3. The van der Waals surface area contributed by atoms with Gasteiger partial charge < -0.3 is 10.1 Å². The van der Waals surface area contributed by atoms with E-state index in [0.29, 0.717) is 29.3 Å². The Labute approximate surface area is 172 Å². The van der Waals surface area contributed by atoms with Gasteiger partial charge in [0.1, 0.15) is 12.4 Å². The number of amides is 1. The van der Waals surface area contributed by atoms with Gasteiger partial charge in [-0.1, -0.05) is 37.5 Å². The monoisotopic (exact) mass is 391 g/mol. The second kappa shape index (κ2) is 9.25. The lowest BCUT2D eigenvalue weighted by atomic mass is 9.67. The summed E-state index contributed by atoms with van der Waals surface area (Å²) in [5.41, 5.74) is 1.32. The number of ketones is 1. The van der Waals surface area contributed by atoms with Gasteiger partial charge in [0.25, 0.3) is 5.91 Å². The Morgan fingerprint density at radius 3 is 2.28 bits per heavy atom. The number of carbonyl (C=O) groups excluding carboxylic acids is 2. The molecule has 2 unspecified atom stereocenters. The molecule has 0 aliphatic heterocycles. The van der Waals surface area contributed by atoms with Crippen LogP contribution in [0.5, 0.6) is 5.75 Å². The van der Waals surface area contributed by atoms with Crippen LogP contribution in [0.3, 0.4) is 0 Å². The summed E-state index contributed by atoms with van der Waals surface area (Å²) < 4.78 is 5.69. The van der Waals surface area contributed by atoms with Crippen molar-refractivity contribution in [2.45, 2.75) is 44.9 Å². The lowest BCUT2D eigenvalue weighted by Gasteiger charge is -2.38. The molecule has 152 valence electrons. The number of ether oxygens (including phenoxy) is 1. The summed E-state index contributed by atoms with van der Waals surface area (Å²) in [7, 11) is 0. The zero-order valence-electron chi connectivity index (χ0n) is 16.8. The fourth-order valence-electron chi connectivity index (χ4n) is 5.01. The first-order valence-corrected chi connectivity index (χ1v) is 10.8. The molecule has 0 saturated heterocycles. The number of hydrogen-bond donors (Lipinski definition) is 1. The van der Waals surface area contributed by atoms with E-state index in [-0.39, 0.29) is 18.3 Å². The highest BCUT2D eigenvalue weighted by Crippen LogP contribution is 2.43. The van der Waals surface area contributed by atoms with Crippen LogP contribution < -0.4 is 10.1 Å². The van der Waals surface area contributed by atoms with E-state index in [1.807, 2.05) is 18.2 Å². The summed E-state index contributed by atoms with van der Waals surface area (Å²) in [6.45, 7) is 0.127. The molecule has 29 heavy (non-hydrogen) atoms. The quantitative estimate of drug-likeness (QED) is 0.679. The number of fused-ring (bicyclic) bond motifs is 2. The van der Waals surface area contributed by atoms with Crippen LogP contribution >= 0.6 is 0 Å². The Bertz CT molecular complexity index is 819. The predicted molar refractivity (Wildman–Crippen MR) is 114 cm³/mol. The van der Waals surface area contributed by atoms with Crippen molar-refractivity contribution in [1.82, 2.24) is 0 Å². The lowest BCUT2D eigenvalue weighted by molar-refractivity contribution is -0.122. The third-order valence-electron chi connectivity index (χ3n) is 6.29. The van der Waals surface area contributed by atoms with Crippen molar-refractivity contribution in [3.8, 4) is 5.75 Å². The van der Waals surface area contributed by atoms with Crippen molar-refractivity contribution in [3.63, 3.8) is 0 Å². The van der Waals surface area contributed by atoms with Crippen LogP contribution in [-0.2, 0) is 4.79 Å². The van der Waals surface area contributed by atoms with Crippen molar-refractivity contribution in [2.75, 3.05) is 11.9 Å². The summed E-state index contributed by atoms with van der Waals surface area (Å²) in [5, 5.41) is 2.86. The average molecular weight is 392 g/mol. The largest absolute Gasteiger partial charge is 0.486 e. The molecule has 1 amide bonds. The number of benzene rings is 2. The fraction of sp³-hybridized carbons (Fsp3) is 0.440. The SMILES string of the molecule is O=C(COc1ccc(NC(=O)c2ccccc2)cc1)CC1CC2CCCC(C2)C1. The fourth-order valence-corrected chi connectivity index (χ4v) is 5.01. The molecule has 4 nitrogen and oxygen atoms in total. The normalized spacial score (nSPS) is 23.2. The van der Waals surface area contributed by atoms with E-state index in [0.717, 1.165) is 11.8 Å². The van der Waals surface area contributed by atoms with Crippen LogP contribution in [0.2, 0.25) is 0 Å². The second-order valence-electron chi connectivity index (χ2n) is 8.61. The maximum atomic E-state index is 12.4. The molecule has 0 radical (unpaired) electrons. The molecule has 2 aromatic rings. The molecule has 2 saturated carbocycles. The van der Waals surface area contributed by atoms with E-state index < -0.39 is 0 Å². The van der Waals surface area contributed by atoms with Gasteiger partial charge in [-0.15, -0.1) is 0 Å². The van der Waals surface area contributed by atoms with Gasteiger partial charge in [0.2, 0.25) is 0 Å². The van der Waals surface area contributed by atoms with Crippen LogP contribution in [-0.4, -0.2) is 18.3 Å². The number of carbonyl (C=O) groups is 2. The Balaban J connectivity index is 1.23. The third-order valence-corrected chi connectivity index (χ3v) is 6.29. The lowest BCUT2D eigenvalue weighted by Crippen LogP contribution is -2.29. The molecule has 2 aliphatic carbocycles. The molecule has 4 rings (SSSR count).